The third kappa shape index (κ3) is 9.66. The van der Waals surface area contributed by atoms with Gasteiger partial charge < -0.3 is 10.1 Å². The second-order valence-electron chi connectivity index (χ2n) is 2.90. The SMILES string of the molecule is COCCNCCN(C)CC(F)F. The van der Waals surface area contributed by atoms with Gasteiger partial charge in [0, 0.05) is 26.7 Å². The van der Waals surface area contributed by atoms with Crippen LogP contribution in [0.15, 0.2) is 0 Å². The zero-order chi connectivity index (χ0) is 10.1. The summed E-state index contributed by atoms with van der Waals surface area (Å²) >= 11 is 0. The molecule has 0 rings (SSSR count). The molecule has 0 spiro atoms. The summed E-state index contributed by atoms with van der Waals surface area (Å²) in [6.07, 6.45) is -2.25. The average molecular weight is 196 g/mol. The summed E-state index contributed by atoms with van der Waals surface area (Å²) in [4.78, 5) is 1.60. The predicted molar refractivity (Wildman–Crippen MR) is 48.2 cm³/mol. The number of halogens is 2. The zero-order valence-electron chi connectivity index (χ0n) is 8.22. The lowest BCUT2D eigenvalue weighted by atomic mass is 10.5. The van der Waals surface area contributed by atoms with Gasteiger partial charge in [-0.2, -0.15) is 0 Å². The normalized spacial score (nSPS) is 11.5. The molecule has 0 unspecified atom stereocenters. The molecular weight excluding hydrogens is 178 g/mol. The van der Waals surface area contributed by atoms with Crippen LogP contribution in [-0.2, 0) is 4.74 Å². The maximum absolute atomic E-state index is 11.8. The van der Waals surface area contributed by atoms with E-state index >= 15 is 0 Å². The van der Waals surface area contributed by atoms with Gasteiger partial charge in [0.25, 0.3) is 6.43 Å². The molecule has 0 amide bonds. The van der Waals surface area contributed by atoms with Crippen LogP contribution in [-0.4, -0.2) is 58.3 Å². The zero-order valence-corrected chi connectivity index (χ0v) is 8.22. The van der Waals surface area contributed by atoms with Crippen LogP contribution < -0.4 is 5.32 Å². The number of hydrogen-bond donors (Lipinski definition) is 1. The highest BCUT2D eigenvalue weighted by Crippen LogP contribution is 1.93. The molecular formula is C8H18F2N2O. The van der Waals surface area contributed by atoms with Gasteiger partial charge in [-0.3, -0.25) is 4.90 Å². The number of nitrogens with zero attached hydrogens (tertiary/aromatic N) is 1. The number of ether oxygens (including phenoxy) is 1. The van der Waals surface area contributed by atoms with Crippen LogP contribution in [0.1, 0.15) is 0 Å². The molecule has 13 heavy (non-hydrogen) atoms. The van der Waals surface area contributed by atoms with Gasteiger partial charge in [0.2, 0.25) is 0 Å². The highest BCUT2D eigenvalue weighted by Gasteiger charge is 2.06. The van der Waals surface area contributed by atoms with Gasteiger partial charge in [0.1, 0.15) is 0 Å². The quantitative estimate of drug-likeness (QED) is 0.569. The van der Waals surface area contributed by atoms with Gasteiger partial charge in [0.05, 0.1) is 13.2 Å². The van der Waals surface area contributed by atoms with E-state index in [-0.39, 0.29) is 6.54 Å². The van der Waals surface area contributed by atoms with E-state index in [9.17, 15) is 8.78 Å². The van der Waals surface area contributed by atoms with E-state index in [0.717, 1.165) is 6.54 Å². The summed E-state index contributed by atoms with van der Waals surface area (Å²) in [6.45, 7) is 2.60. The fourth-order valence-corrected chi connectivity index (χ4v) is 0.896. The second kappa shape index (κ2) is 8.34. The van der Waals surface area contributed by atoms with E-state index in [0.29, 0.717) is 19.7 Å². The topological polar surface area (TPSA) is 24.5 Å². The smallest absolute Gasteiger partial charge is 0.251 e. The van der Waals surface area contributed by atoms with Crippen molar-refractivity contribution in [3.63, 3.8) is 0 Å². The van der Waals surface area contributed by atoms with Crippen molar-refractivity contribution < 1.29 is 13.5 Å². The molecule has 80 valence electrons. The van der Waals surface area contributed by atoms with E-state index in [2.05, 4.69) is 5.32 Å². The third-order valence-corrected chi connectivity index (χ3v) is 1.60. The van der Waals surface area contributed by atoms with Gasteiger partial charge in [-0.25, -0.2) is 8.78 Å². The van der Waals surface area contributed by atoms with Crippen molar-refractivity contribution in [3.8, 4) is 0 Å². The summed E-state index contributed by atoms with van der Waals surface area (Å²) < 4.78 is 28.5. The highest BCUT2D eigenvalue weighted by atomic mass is 19.3. The molecule has 0 bridgehead atoms. The van der Waals surface area contributed by atoms with Crippen LogP contribution in [0.25, 0.3) is 0 Å². The first-order valence-corrected chi connectivity index (χ1v) is 4.33. The molecule has 5 heteroatoms. The van der Waals surface area contributed by atoms with Crippen molar-refractivity contribution in [2.24, 2.45) is 0 Å². The molecule has 0 saturated carbocycles. The molecule has 0 aromatic carbocycles. The van der Waals surface area contributed by atoms with Crippen molar-refractivity contribution in [2.45, 2.75) is 6.43 Å². The minimum Gasteiger partial charge on any atom is -0.383 e. The summed E-state index contributed by atoms with van der Waals surface area (Å²) in [5.74, 6) is 0. The lowest BCUT2D eigenvalue weighted by molar-refractivity contribution is 0.100. The predicted octanol–water partition coefficient (Wildman–Crippen LogP) is 0.419. The largest absolute Gasteiger partial charge is 0.383 e. The molecule has 0 radical (unpaired) electrons. The molecule has 0 atom stereocenters. The Morgan fingerprint density at radius 1 is 1.38 bits per heavy atom. The highest BCUT2D eigenvalue weighted by molar-refractivity contribution is 4.55. The Bertz CT molecular complexity index is 114. The van der Waals surface area contributed by atoms with Gasteiger partial charge in [-0.15, -0.1) is 0 Å². The van der Waals surface area contributed by atoms with Crippen LogP contribution in [0, 0.1) is 0 Å². The summed E-state index contributed by atoms with van der Waals surface area (Å²) in [7, 11) is 3.31. The summed E-state index contributed by atoms with van der Waals surface area (Å²) in [6, 6.07) is 0. The molecule has 0 saturated heterocycles. The number of hydrogen-bond acceptors (Lipinski definition) is 3. The van der Waals surface area contributed by atoms with Crippen molar-refractivity contribution in [2.75, 3.05) is 46.9 Å². The van der Waals surface area contributed by atoms with E-state index in [4.69, 9.17) is 4.74 Å². The Labute approximate surface area is 78.0 Å². The fourth-order valence-electron chi connectivity index (χ4n) is 0.896. The summed E-state index contributed by atoms with van der Waals surface area (Å²) in [5, 5.41) is 3.08. The molecule has 0 aromatic rings. The first kappa shape index (κ1) is 12.7. The molecule has 1 N–H and O–H groups in total. The van der Waals surface area contributed by atoms with Crippen LogP contribution in [0.3, 0.4) is 0 Å². The van der Waals surface area contributed by atoms with Gasteiger partial charge in [-0.05, 0) is 7.05 Å². The second-order valence-corrected chi connectivity index (χ2v) is 2.90. The van der Waals surface area contributed by atoms with Crippen molar-refractivity contribution in [3.05, 3.63) is 0 Å². The number of likely N-dealkylation sites (N-methyl/N-ethyl adjacent to an activating group) is 1. The lowest BCUT2D eigenvalue weighted by Crippen LogP contribution is -2.33. The van der Waals surface area contributed by atoms with Crippen LogP contribution in [0.4, 0.5) is 8.78 Å². The standard InChI is InChI=1S/C8H18F2N2O/c1-12(7-8(9)10)5-3-11-4-6-13-2/h8,11H,3-7H2,1-2H3. The first-order chi connectivity index (χ1) is 6.16. The van der Waals surface area contributed by atoms with Crippen molar-refractivity contribution >= 4 is 0 Å². The lowest BCUT2D eigenvalue weighted by Gasteiger charge is -2.15. The third-order valence-electron chi connectivity index (χ3n) is 1.60. The molecule has 0 fully saturated rings. The minimum absolute atomic E-state index is 0.161. The number of rotatable bonds is 8. The van der Waals surface area contributed by atoms with Crippen molar-refractivity contribution in [1.29, 1.82) is 0 Å². The number of nitrogens with one attached hydrogen (secondary N) is 1. The fraction of sp³-hybridized carbons (Fsp3) is 1.00. The minimum atomic E-state index is -2.25. The Balaban J connectivity index is 3.12. The number of alkyl halides is 2. The van der Waals surface area contributed by atoms with E-state index in [1.54, 1.807) is 19.1 Å². The van der Waals surface area contributed by atoms with Crippen LogP contribution in [0.2, 0.25) is 0 Å². The number of methoxy groups -OCH3 is 1. The molecule has 0 heterocycles. The molecule has 0 aliphatic carbocycles. The Hall–Kier alpha value is -0.260. The maximum atomic E-state index is 11.8. The monoisotopic (exact) mass is 196 g/mol. The van der Waals surface area contributed by atoms with Crippen LogP contribution >= 0.6 is 0 Å². The Kier molecular flexibility index (Phi) is 8.18. The molecule has 0 aromatic heterocycles. The van der Waals surface area contributed by atoms with Gasteiger partial charge >= 0.3 is 0 Å². The summed E-state index contributed by atoms with van der Waals surface area (Å²) in [5.41, 5.74) is 0. The van der Waals surface area contributed by atoms with E-state index in [1.807, 2.05) is 0 Å². The van der Waals surface area contributed by atoms with E-state index in [1.165, 1.54) is 0 Å². The molecule has 3 nitrogen and oxygen atoms in total. The molecule has 0 aliphatic heterocycles. The first-order valence-electron chi connectivity index (χ1n) is 4.33. The van der Waals surface area contributed by atoms with Crippen LogP contribution in [0.5, 0.6) is 0 Å². The van der Waals surface area contributed by atoms with Crippen molar-refractivity contribution in [1.82, 2.24) is 10.2 Å². The average Bonchev–Trinajstić information content (AvgIpc) is 2.02. The Morgan fingerprint density at radius 3 is 2.62 bits per heavy atom. The van der Waals surface area contributed by atoms with E-state index < -0.39 is 6.43 Å². The molecule has 0 aliphatic rings. The Morgan fingerprint density at radius 2 is 2.08 bits per heavy atom. The van der Waals surface area contributed by atoms with Gasteiger partial charge in [0.15, 0.2) is 0 Å². The maximum Gasteiger partial charge on any atom is 0.251 e. The van der Waals surface area contributed by atoms with Gasteiger partial charge in [-0.1, -0.05) is 0 Å².